The van der Waals surface area contributed by atoms with Gasteiger partial charge in [-0.2, -0.15) is 16.1 Å². The minimum atomic E-state index is -3.87. The molecule has 2 heterocycles. The molecule has 1 aliphatic rings. The van der Waals surface area contributed by atoms with Gasteiger partial charge in [0.15, 0.2) is 9.84 Å². The van der Waals surface area contributed by atoms with E-state index in [0.717, 1.165) is 15.4 Å². The van der Waals surface area contributed by atoms with Crippen LogP contribution >= 0.6 is 39.0 Å². The van der Waals surface area contributed by atoms with Crippen LogP contribution in [0.4, 0.5) is 0 Å². The van der Waals surface area contributed by atoms with E-state index in [4.69, 9.17) is 5.73 Å². The van der Waals surface area contributed by atoms with Crippen LogP contribution in [0.25, 0.3) is 0 Å². The third-order valence-corrected chi connectivity index (χ3v) is 9.99. The van der Waals surface area contributed by atoms with E-state index >= 15 is 0 Å². The molecule has 0 radical (unpaired) electrons. The predicted molar refractivity (Wildman–Crippen MR) is 89.8 cm³/mol. The number of thiophene rings is 1. The molecule has 1 aromatic heterocycles. The van der Waals surface area contributed by atoms with Gasteiger partial charge in [-0.25, -0.2) is 16.8 Å². The van der Waals surface area contributed by atoms with Crippen molar-refractivity contribution >= 4 is 58.9 Å². The number of nitrogens with zero attached hydrogens (tertiary/aromatic N) is 1. The van der Waals surface area contributed by atoms with E-state index in [1.54, 1.807) is 0 Å². The zero-order chi connectivity index (χ0) is 15.8. The highest BCUT2D eigenvalue weighted by molar-refractivity contribution is 9.11. The molecule has 11 heteroatoms. The largest absolute Gasteiger partial charge is 0.326 e. The molecule has 0 spiro atoms. The van der Waals surface area contributed by atoms with E-state index in [1.165, 1.54) is 29.2 Å². The van der Waals surface area contributed by atoms with Crippen molar-refractivity contribution in [3.63, 3.8) is 0 Å². The third-order valence-electron chi connectivity index (χ3n) is 3.03. The molecule has 1 aliphatic heterocycles. The van der Waals surface area contributed by atoms with Crippen LogP contribution in [0.2, 0.25) is 0 Å². The molecule has 0 amide bonds. The van der Waals surface area contributed by atoms with Gasteiger partial charge in [-0.05, 0) is 22.0 Å². The van der Waals surface area contributed by atoms with Crippen LogP contribution in [0, 0.1) is 0 Å². The maximum absolute atomic E-state index is 12.8. The SMILES string of the molecule is CS(=O)(=O)C1CSCCN1S(=O)(=O)c1cc(CN)sc1Br. The summed E-state index contributed by atoms with van der Waals surface area (Å²) in [6.07, 6.45) is 1.07. The van der Waals surface area contributed by atoms with Crippen molar-refractivity contribution in [1.82, 2.24) is 4.31 Å². The van der Waals surface area contributed by atoms with Crippen molar-refractivity contribution in [3.05, 3.63) is 14.7 Å². The fourth-order valence-electron chi connectivity index (χ4n) is 1.98. The molecule has 120 valence electrons. The van der Waals surface area contributed by atoms with Gasteiger partial charge in [0.2, 0.25) is 10.0 Å². The number of sulfonamides is 1. The van der Waals surface area contributed by atoms with Gasteiger partial charge < -0.3 is 5.73 Å². The minimum absolute atomic E-state index is 0.0912. The average Bonchev–Trinajstić information content (AvgIpc) is 2.80. The molecule has 2 rings (SSSR count). The zero-order valence-corrected chi connectivity index (χ0v) is 16.0. The number of rotatable bonds is 4. The molecule has 1 saturated heterocycles. The highest BCUT2D eigenvalue weighted by atomic mass is 79.9. The lowest BCUT2D eigenvalue weighted by Crippen LogP contribution is -2.49. The summed E-state index contributed by atoms with van der Waals surface area (Å²) < 4.78 is 50.9. The molecule has 0 bridgehead atoms. The Morgan fingerprint density at radius 3 is 2.62 bits per heavy atom. The van der Waals surface area contributed by atoms with Crippen LogP contribution in [0.5, 0.6) is 0 Å². The number of hydrogen-bond acceptors (Lipinski definition) is 7. The fourth-order valence-corrected chi connectivity index (χ4v) is 9.66. The maximum Gasteiger partial charge on any atom is 0.246 e. The predicted octanol–water partition coefficient (Wildman–Crippen LogP) is 1.08. The Kier molecular flexibility index (Phi) is 5.44. The molecule has 0 saturated carbocycles. The monoisotopic (exact) mass is 434 g/mol. The maximum atomic E-state index is 12.8. The molecule has 1 unspecified atom stereocenters. The number of nitrogens with two attached hydrogens (primary N) is 1. The molecule has 21 heavy (non-hydrogen) atoms. The first-order chi connectivity index (χ1) is 9.67. The van der Waals surface area contributed by atoms with E-state index in [1.807, 2.05) is 0 Å². The van der Waals surface area contributed by atoms with Gasteiger partial charge in [0.05, 0.1) is 3.79 Å². The topological polar surface area (TPSA) is 97.5 Å². The molecule has 1 atom stereocenters. The van der Waals surface area contributed by atoms with Crippen LogP contribution in [-0.2, 0) is 26.4 Å². The van der Waals surface area contributed by atoms with Gasteiger partial charge in [-0.1, -0.05) is 0 Å². The summed E-state index contributed by atoms with van der Waals surface area (Å²) >= 11 is 5.92. The number of sulfone groups is 1. The van der Waals surface area contributed by atoms with Gasteiger partial charge in [-0.3, -0.25) is 0 Å². The quantitative estimate of drug-likeness (QED) is 0.760. The first kappa shape index (κ1) is 17.7. The zero-order valence-electron chi connectivity index (χ0n) is 11.2. The van der Waals surface area contributed by atoms with Crippen LogP contribution in [0.1, 0.15) is 4.88 Å². The molecular weight excluding hydrogens is 420 g/mol. The summed E-state index contributed by atoms with van der Waals surface area (Å²) in [6.45, 7) is 0.426. The number of hydrogen-bond donors (Lipinski definition) is 1. The van der Waals surface area contributed by atoms with Crippen LogP contribution < -0.4 is 5.73 Å². The molecule has 6 nitrogen and oxygen atoms in total. The lowest BCUT2D eigenvalue weighted by atomic mass is 10.5. The summed E-state index contributed by atoms with van der Waals surface area (Å²) in [4.78, 5) is 0.816. The van der Waals surface area contributed by atoms with Crippen molar-refractivity contribution in [2.75, 3.05) is 24.3 Å². The second kappa shape index (κ2) is 6.46. The lowest BCUT2D eigenvalue weighted by Gasteiger charge is -2.32. The lowest BCUT2D eigenvalue weighted by molar-refractivity contribution is 0.405. The van der Waals surface area contributed by atoms with E-state index in [-0.39, 0.29) is 23.7 Å². The smallest absolute Gasteiger partial charge is 0.246 e. The Bertz CT molecular complexity index is 728. The highest BCUT2D eigenvalue weighted by Crippen LogP contribution is 2.35. The third kappa shape index (κ3) is 3.65. The number of halogens is 1. The van der Waals surface area contributed by atoms with Crippen molar-refractivity contribution in [1.29, 1.82) is 0 Å². The summed E-state index contributed by atoms with van der Waals surface area (Å²) in [5.41, 5.74) is 5.53. The second-order valence-electron chi connectivity index (χ2n) is 4.53. The molecule has 2 N–H and O–H groups in total. The Balaban J connectivity index is 2.48. The summed E-state index contributed by atoms with van der Waals surface area (Å²) in [5.74, 6) is 0.834. The van der Waals surface area contributed by atoms with Gasteiger partial charge in [0, 0.05) is 35.7 Å². The van der Waals surface area contributed by atoms with Crippen molar-refractivity contribution in [3.8, 4) is 0 Å². The van der Waals surface area contributed by atoms with Crippen molar-refractivity contribution in [2.45, 2.75) is 16.8 Å². The summed E-state index contributed by atoms with van der Waals surface area (Å²) in [5, 5.41) is -1.02. The van der Waals surface area contributed by atoms with Gasteiger partial charge in [0.25, 0.3) is 0 Å². The van der Waals surface area contributed by atoms with E-state index in [2.05, 4.69) is 15.9 Å². The van der Waals surface area contributed by atoms with Gasteiger partial charge >= 0.3 is 0 Å². The molecule has 0 aromatic carbocycles. The van der Waals surface area contributed by atoms with E-state index in [0.29, 0.717) is 9.54 Å². The first-order valence-electron chi connectivity index (χ1n) is 5.94. The van der Waals surface area contributed by atoms with E-state index < -0.39 is 25.2 Å². The van der Waals surface area contributed by atoms with Crippen molar-refractivity contribution in [2.24, 2.45) is 5.73 Å². The van der Waals surface area contributed by atoms with Gasteiger partial charge in [0.1, 0.15) is 10.3 Å². The Morgan fingerprint density at radius 1 is 1.43 bits per heavy atom. The van der Waals surface area contributed by atoms with Crippen LogP contribution in [-0.4, -0.2) is 50.8 Å². The second-order valence-corrected chi connectivity index (χ2v) is 12.2. The van der Waals surface area contributed by atoms with Crippen LogP contribution in [0.15, 0.2) is 14.7 Å². The van der Waals surface area contributed by atoms with Crippen molar-refractivity contribution < 1.29 is 16.8 Å². The number of thioether (sulfide) groups is 1. The summed E-state index contributed by atoms with van der Waals surface area (Å²) in [6, 6.07) is 1.51. The van der Waals surface area contributed by atoms with E-state index in [9.17, 15) is 16.8 Å². The normalized spacial score (nSPS) is 21.6. The first-order valence-corrected chi connectivity index (χ1v) is 12.1. The fraction of sp³-hybridized carbons (Fsp3) is 0.600. The molecule has 0 aliphatic carbocycles. The van der Waals surface area contributed by atoms with Gasteiger partial charge in [-0.15, -0.1) is 11.3 Å². The summed E-state index contributed by atoms with van der Waals surface area (Å²) in [7, 11) is -7.35. The molecular formula is C10H15BrN2O4S4. The Labute approximate surface area is 141 Å². The molecule has 1 aromatic rings. The van der Waals surface area contributed by atoms with Crippen LogP contribution in [0.3, 0.4) is 0 Å². The Hall–Kier alpha value is 0.350. The average molecular weight is 435 g/mol. The molecule has 1 fully saturated rings. The Morgan fingerprint density at radius 2 is 2.10 bits per heavy atom. The standard InChI is InChI=1S/C10H15BrN2O4S4/c1-20(14,15)9-6-18-3-2-13(9)21(16,17)8-4-7(5-12)19-10(8)11/h4,9H,2-3,5-6,12H2,1H3. The minimum Gasteiger partial charge on any atom is -0.326 e. The highest BCUT2D eigenvalue weighted by Gasteiger charge is 2.40.